The third kappa shape index (κ3) is 3.90. The molecule has 0 unspecified atom stereocenters. The summed E-state index contributed by atoms with van der Waals surface area (Å²) in [5.41, 5.74) is 10.5. The van der Waals surface area contributed by atoms with Gasteiger partial charge in [0.1, 0.15) is 0 Å². The Labute approximate surface area is 112 Å². The molecule has 96 valence electrons. The van der Waals surface area contributed by atoms with E-state index in [4.69, 9.17) is 28.5 Å². The maximum Gasteiger partial charge on any atom is 0.274 e. The molecule has 1 rings (SSSR count). The first-order valence-corrected chi connectivity index (χ1v) is 6.01. The number of nitrogens with one attached hydrogen (secondary N) is 1. The van der Waals surface area contributed by atoms with Gasteiger partial charge < -0.3 is 11.5 Å². The number of nitrogens with zero attached hydrogens (tertiary/aromatic N) is 2. The van der Waals surface area contributed by atoms with Gasteiger partial charge in [0.2, 0.25) is 0 Å². The standard InChI is InChI=1S/C9H10ClN5O2S/c10-6-2-1-3-7(15(16)17)5(6)4-18-9(13)14-8(11)12/h1-3H,4H2,(H5,11,12,13,14). The molecule has 0 spiro atoms. The summed E-state index contributed by atoms with van der Waals surface area (Å²) < 4.78 is 0. The van der Waals surface area contributed by atoms with E-state index in [1.165, 1.54) is 12.1 Å². The molecule has 0 aliphatic carbocycles. The Morgan fingerprint density at radius 3 is 2.78 bits per heavy atom. The lowest BCUT2D eigenvalue weighted by Gasteiger charge is -2.04. The molecule has 1 aromatic rings. The fourth-order valence-corrected chi connectivity index (χ4v) is 2.22. The topological polar surface area (TPSA) is 131 Å². The van der Waals surface area contributed by atoms with E-state index in [0.29, 0.717) is 5.56 Å². The first-order chi connectivity index (χ1) is 8.41. The van der Waals surface area contributed by atoms with E-state index in [0.717, 1.165) is 11.8 Å². The molecule has 5 N–H and O–H groups in total. The van der Waals surface area contributed by atoms with E-state index in [1.54, 1.807) is 6.07 Å². The van der Waals surface area contributed by atoms with Crippen molar-refractivity contribution in [3.8, 4) is 0 Å². The number of nitrogens with two attached hydrogens (primary N) is 2. The van der Waals surface area contributed by atoms with Crippen LogP contribution in [0.3, 0.4) is 0 Å². The number of hydrogen-bond donors (Lipinski definition) is 3. The molecule has 0 bridgehead atoms. The molecular formula is C9H10ClN5O2S. The number of rotatable bonds is 3. The van der Waals surface area contributed by atoms with Gasteiger partial charge in [-0.25, -0.2) is 0 Å². The summed E-state index contributed by atoms with van der Waals surface area (Å²) in [7, 11) is 0. The Morgan fingerprint density at radius 2 is 2.22 bits per heavy atom. The first kappa shape index (κ1) is 14.3. The van der Waals surface area contributed by atoms with Crippen molar-refractivity contribution in [3.05, 3.63) is 38.9 Å². The van der Waals surface area contributed by atoms with E-state index in [1.807, 2.05) is 0 Å². The predicted octanol–water partition coefficient (Wildman–Crippen LogP) is 1.69. The van der Waals surface area contributed by atoms with Crippen LogP contribution in [0.1, 0.15) is 5.56 Å². The van der Waals surface area contributed by atoms with Crippen molar-refractivity contribution >= 4 is 40.2 Å². The Balaban J connectivity index is 2.88. The number of aliphatic imine (C=N–C) groups is 1. The Hall–Kier alpha value is -1.80. The molecule has 7 nitrogen and oxygen atoms in total. The van der Waals surface area contributed by atoms with Crippen molar-refractivity contribution in [1.29, 1.82) is 5.41 Å². The third-order valence-corrected chi connectivity index (χ3v) is 3.03. The maximum absolute atomic E-state index is 10.8. The number of guanidine groups is 1. The second kappa shape index (κ2) is 6.22. The molecule has 0 amide bonds. The lowest BCUT2D eigenvalue weighted by atomic mass is 10.2. The lowest BCUT2D eigenvalue weighted by molar-refractivity contribution is -0.385. The molecule has 0 heterocycles. The van der Waals surface area contributed by atoms with Crippen molar-refractivity contribution in [3.63, 3.8) is 0 Å². The van der Waals surface area contributed by atoms with Crippen molar-refractivity contribution < 1.29 is 4.92 Å². The molecule has 0 aromatic heterocycles. The number of thioether (sulfide) groups is 1. The number of benzene rings is 1. The van der Waals surface area contributed by atoms with Crippen LogP contribution in [0.4, 0.5) is 5.69 Å². The zero-order chi connectivity index (χ0) is 13.7. The number of nitro groups is 1. The van der Waals surface area contributed by atoms with E-state index in [-0.39, 0.29) is 27.6 Å². The SMILES string of the molecule is N=C(N=C(N)N)SCc1c(Cl)cccc1[N+](=O)[O-]. The van der Waals surface area contributed by atoms with Gasteiger partial charge in [-0.05, 0) is 6.07 Å². The van der Waals surface area contributed by atoms with Gasteiger partial charge >= 0.3 is 0 Å². The van der Waals surface area contributed by atoms with Crippen LogP contribution in [-0.2, 0) is 5.75 Å². The molecular weight excluding hydrogens is 278 g/mol. The summed E-state index contributed by atoms with van der Waals surface area (Å²) in [6, 6.07) is 4.40. The molecule has 1 aromatic carbocycles. The number of nitro benzene ring substituents is 1. The van der Waals surface area contributed by atoms with Crippen LogP contribution >= 0.6 is 23.4 Å². The smallest absolute Gasteiger partial charge is 0.274 e. The molecule has 0 atom stereocenters. The molecule has 18 heavy (non-hydrogen) atoms. The van der Waals surface area contributed by atoms with Crippen molar-refractivity contribution in [2.45, 2.75) is 5.75 Å². The summed E-state index contributed by atoms with van der Waals surface area (Å²) in [6.45, 7) is 0. The quantitative estimate of drug-likeness (QED) is 0.337. The first-order valence-electron chi connectivity index (χ1n) is 4.64. The van der Waals surface area contributed by atoms with Gasteiger partial charge in [-0.1, -0.05) is 29.4 Å². The molecule has 9 heteroatoms. The second-order valence-corrected chi connectivity index (χ2v) is 4.50. The van der Waals surface area contributed by atoms with Gasteiger partial charge in [-0.15, -0.1) is 0 Å². The summed E-state index contributed by atoms with van der Waals surface area (Å²) in [6.07, 6.45) is 0. The molecule has 0 saturated carbocycles. The fourth-order valence-electron chi connectivity index (χ4n) is 1.15. The number of halogens is 1. The van der Waals surface area contributed by atoms with Crippen LogP contribution in [0.5, 0.6) is 0 Å². The van der Waals surface area contributed by atoms with Crippen molar-refractivity contribution in [2.75, 3.05) is 0 Å². The van der Waals surface area contributed by atoms with E-state index in [9.17, 15) is 10.1 Å². The monoisotopic (exact) mass is 287 g/mol. The largest absolute Gasteiger partial charge is 0.370 e. The third-order valence-electron chi connectivity index (χ3n) is 1.87. The summed E-state index contributed by atoms with van der Waals surface area (Å²) in [4.78, 5) is 13.8. The van der Waals surface area contributed by atoms with Crippen LogP contribution in [-0.4, -0.2) is 16.1 Å². The van der Waals surface area contributed by atoms with Gasteiger partial charge in [0.15, 0.2) is 11.1 Å². The minimum absolute atomic E-state index is 0.0903. The Morgan fingerprint density at radius 1 is 1.56 bits per heavy atom. The van der Waals surface area contributed by atoms with Crippen molar-refractivity contribution in [2.24, 2.45) is 16.5 Å². The van der Waals surface area contributed by atoms with Crippen LogP contribution in [0.15, 0.2) is 23.2 Å². The summed E-state index contributed by atoms with van der Waals surface area (Å²) in [5.74, 6) is -0.0906. The van der Waals surface area contributed by atoms with Gasteiger partial charge in [-0.3, -0.25) is 15.5 Å². The molecule has 0 saturated heterocycles. The highest BCUT2D eigenvalue weighted by molar-refractivity contribution is 8.13. The number of amidine groups is 1. The molecule has 0 aliphatic rings. The predicted molar refractivity (Wildman–Crippen MR) is 72.9 cm³/mol. The molecule has 0 aliphatic heterocycles. The van der Waals surface area contributed by atoms with Gasteiger partial charge in [0.25, 0.3) is 5.69 Å². The highest BCUT2D eigenvalue weighted by Gasteiger charge is 2.16. The van der Waals surface area contributed by atoms with E-state index >= 15 is 0 Å². The van der Waals surface area contributed by atoms with Crippen LogP contribution < -0.4 is 11.5 Å². The maximum atomic E-state index is 10.8. The van der Waals surface area contributed by atoms with Crippen LogP contribution in [0, 0.1) is 15.5 Å². The lowest BCUT2D eigenvalue weighted by Crippen LogP contribution is -2.23. The Bertz CT molecular complexity index is 516. The molecule has 0 radical (unpaired) electrons. The zero-order valence-electron chi connectivity index (χ0n) is 9.09. The minimum atomic E-state index is -0.522. The summed E-state index contributed by atoms with van der Waals surface area (Å²) in [5, 5.41) is 18.4. The zero-order valence-corrected chi connectivity index (χ0v) is 10.7. The highest BCUT2D eigenvalue weighted by Crippen LogP contribution is 2.30. The van der Waals surface area contributed by atoms with Crippen molar-refractivity contribution in [1.82, 2.24) is 0 Å². The van der Waals surface area contributed by atoms with E-state index < -0.39 is 4.92 Å². The second-order valence-electron chi connectivity index (χ2n) is 3.13. The average Bonchev–Trinajstić information content (AvgIpc) is 2.25. The van der Waals surface area contributed by atoms with E-state index in [2.05, 4.69) is 4.99 Å². The number of hydrogen-bond acceptors (Lipinski definition) is 4. The minimum Gasteiger partial charge on any atom is -0.370 e. The fraction of sp³-hybridized carbons (Fsp3) is 0.111. The Kier molecular flexibility index (Phi) is 4.93. The van der Waals surface area contributed by atoms with Gasteiger partial charge in [0.05, 0.1) is 15.5 Å². The van der Waals surface area contributed by atoms with Gasteiger partial charge in [0, 0.05) is 11.8 Å². The van der Waals surface area contributed by atoms with Crippen LogP contribution in [0.2, 0.25) is 5.02 Å². The average molecular weight is 288 g/mol. The normalized spacial score (nSPS) is 9.83. The molecule has 0 fully saturated rings. The van der Waals surface area contributed by atoms with Gasteiger partial charge in [-0.2, -0.15) is 4.99 Å². The highest BCUT2D eigenvalue weighted by atomic mass is 35.5. The summed E-state index contributed by atoms with van der Waals surface area (Å²) >= 11 is 6.84. The van der Waals surface area contributed by atoms with Crippen LogP contribution in [0.25, 0.3) is 0 Å².